The molecule has 110 valence electrons. The molecule has 0 aromatic carbocycles. The highest BCUT2D eigenvalue weighted by Crippen LogP contribution is 2.13. The third-order valence-corrected chi connectivity index (χ3v) is 3.94. The number of carbonyl (C=O) groups is 1. The molecule has 2 heterocycles. The van der Waals surface area contributed by atoms with Gasteiger partial charge in [0.25, 0.3) is 5.91 Å². The average molecular weight is 277 g/mol. The van der Waals surface area contributed by atoms with E-state index in [1.54, 1.807) is 12.3 Å². The molecule has 2 rings (SSSR count). The number of piperazine rings is 1. The molecule has 20 heavy (non-hydrogen) atoms. The zero-order valence-electron chi connectivity index (χ0n) is 12.2. The SMILES string of the molecule is CCC1CN(Cc2ccc(C(=O)NN)cn2)CCN1C. The largest absolute Gasteiger partial charge is 0.301 e. The molecule has 1 saturated heterocycles. The molecule has 1 aliphatic rings. The Kier molecular flexibility index (Phi) is 5.05. The number of nitrogens with two attached hydrogens (primary N) is 1. The van der Waals surface area contributed by atoms with E-state index in [2.05, 4.69) is 34.2 Å². The van der Waals surface area contributed by atoms with Crippen LogP contribution in [0.1, 0.15) is 29.4 Å². The Morgan fingerprint density at radius 3 is 2.90 bits per heavy atom. The number of amides is 1. The molecular weight excluding hydrogens is 254 g/mol. The second kappa shape index (κ2) is 6.78. The Bertz CT molecular complexity index is 447. The molecule has 0 spiro atoms. The highest BCUT2D eigenvalue weighted by atomic mass is 16.2. The van der Waals surface area contributed by atoms with Gasteiger partial charge in [-0.1, -0.05) is 6.92 Å². The molecule has 6 nitrogen and oxygen atoms in total. The minimum atomic E-state index is -0.310. The number of hydrogen-bond donors (Lipinski definition) is 2. The molecule has 0 saturated carbocycles. The van der Waals surface area contributed by atoms with Crippen molar-refractivity contribution in [1.29, 1.82) is 0 Å². The van der Waals surface area contributed by atoms with Gasteiger partial charge in [-0.25, -0.2) is 5.84 Å². The van der Waals surface area contributed by atoms with Gasteiger partial charge in [-0.3, -0.25) is 20.1 Å². The maximum atomic E-state index is 11.3. The van der Waals surface area contributed by atoms with Crippen LogP contribution in [0.5, 0.6) is 0 Å². The number of hydrogen-bond acceptors (Lipinski definition) is 5. The number of nitrogens with zero attached hydrogens (tertiary/aromatic N) is 3. The number of carbonyl (C=O) groups excluding carboxylic acids is 1. The van der Waals surface area contributed by atoms with Crippen LogP contribution < -0.4 is 11.3 Å². The predicted octanol–water partition coefficient (Wildman–Crippen LogP) is 0.211. The molecule has 3 N–H and O–H groups in total. The number of nitrogen functional groups attached to an aromatic ring is 1. The first-order chi connectivity index (χ1) is 9.63. The zero-order chi connectivity index (χ0) is 14.5. The highest BCUT2D eigenvalue weighted by Gasteiger charge is 2.22. The lowest BCUT2D eigenvalue weighted by atomic mass is 10.1. The van der Waals surface area contributed by atoms with Gasteiger partial charge in [-0.2, -0.15) is 0 Å². The summed E-state index contributed by atoms with van der Waals surface area (Å²) < 4.78 is 0. The maximum Gasteiger partial charge on any atom is 0.266 e. The Hall–Kier alpha value is -1.50. The normalized spacial score (nSPS) is 20.9. The minimum absolute atomic E-state index is 0.310. The van der Waals surface area contributed by atoms with Crippen molar-refractivity contribution < 1.29 is 4.79 Å². The lowest BCUT2D eigenvalue weighted by Gasteiger charge is -2.39. The van der Waals surface area contributed by atoms with Crippen molar-refractivity contribution in [2.24, 2.45) is 5.84 Å². The van der Waals surface area contributed by atoms with Crippen LogP contribution in [-0.2, 0) is 6.54 Å². The number of nitrogens with one attached hydrogen (secondary N) is 1. The number of rotatable bonds is 4. The van der Waals surface area contributed by atoms with E-state index < -0.39 is 0 Å². The van der Waals surface area contributed by atoms with Crippen molar-refractivity contribution in [3.05, 3.63) is 29.6 Å². The molecule has 1 fully saturated rings. The van der Waals surface area contributed by atoms with Gasteiger partial charge >= 0.3 is 0 Å². The summed E-state index contributed by atoms with van der Waals surface area (Å²) in [6.45, 7) is 6.27. The van der Waals surface area contributed by atoms with Crippen LogP contribution in [0.3, 0.4) is 0 Å². The van der Waals surface area contributed by atoms with E-state index in [9.17, 15) is 4.79 Å². The van der Waals surface area contributed by atoms with Crippen LogP contribution in [0.25, 0.3) is 0 Å². The van der Waals surface area contributed by atoms with Crippen molar-refractivity contribution >= 4 is 5.91 Å². The number of aromatic nitrogens is 1. The van der Waals surface area contributed by atoms with E-state index in [0.717, 1.165) is 38.3 Å². The van der Waals surface area contributed by atoms with E-state index >= 15 is 0 Å². The second-order valence-electron chi connectivity index (χ2n) is 5.29. The topological polar surface area (TPSA) is 74.5 Å². The van der Waals surface area contributed by atoms with Crippen molar-refractivity contribution in [2.75, 3.05) is 26.7 Å². The molecule has 0 radical (unpaired) electrons. The monoisotopic (exact) mass is 277 g/mol. The van der Waals surface area contributed by atoms with E-state index in [4.69, 9.17) is 5.84 Å². The Morgan fingerprint density at radius 1 is 1.50 bits per heavy atom. The number of likely N-dealkylation sites (N-methyl/N-ethyl adjacent to an activating group) is 1. The molecule has 1 atom stereocenters. The van der Waals surface area contributed by atoms with Gasteiger partial charge in [0, 0.05) is 38.4 Å². The maximum absolute atomic E-state index is 11.3. The molecule has 1 aliphatic heterocycles. The van der Waals surface area contributed by atoms with E-state index in [0.29, 0.717) is 11.6 Å². The van der Waals surface area contributed by atoms with Gasteiger partial charge in [-0.05, 0) is 25.6 Å². The fourth-order valence-electron chi connectivity index (χ4n) is 2.56. The van der Waals surface area contributed by atoms with Crippen LogP contribution >= 0.6 is 0 Å². The third-order valence-electron chi connectivity index (χ3n) is 3.94. The molecular formula is C14H23N5O. The first-order valence-corrected chi connectivity index (χ1v) is 7.02. The fourth-order valence-corrected chi connectivity index (χ4v) is 2.56. The molecule has 0 bridgehead atoms. The summed E-state index contributed by atoms with van der Waals surface area (Å²) in [7, 11) is 2.18. The second-order valence-corrected chi connectivity index (χ2v) is 5.29. The summed E-state index contributed by atoms with van der Waals surface area (Å²) in [6, 6.07) is 4.27. The molecule has 1 unspecified atom stereocenters. The summed E-state index contributed by atoms with van der Waals surface area (Å²) in [5.41, 5.74) is 3.58. The van der Waals surface area contributed by atoms with Crippen molar-refractivity contribution in [3.8, 4) is 0 Å². The van der Waals surface area contributed by atoms with Crippen LogP contribution in [-0.4, -0.2) is 53.4 Å². The number of hydrazine groups is 1. The Balaban J connectivity index is 1.95. The molecule has 1 aromatic heterocycles. The number of pyridine rings is 1. The van der Waals surface area contributed by atoms with Gasteiger partial charge < -0.3 is 4.90 Å². The molecule has 6 heteroatoms. The summed E-state index contributed by atoms with van der Waals surface area (Å²) in [4.78, 5) is 20.5. The van der Waals surface area contributed by atoms with Crippen LogP contribution in [0.4, 0.5) is 0 Å². The smallest absolute Gasteiger partial charge is 0.266 e. The zero-order valence-corrected chi connectivity index (χ0v) is 12.2. The van der Waals surface area contributed by atoms with Gasteiger partial charge in [0.05, 0.1) is 11.3 Å². The van der Waals surface area contributed by atoms with E-state index in [1.165, 1.54) is 0 Å². The van der Waals surface area contributed by atoms with E-state index in [-0.39, 0.29) is 5.91 Å². The lowest BCUT2D eigenvalue weighted by molar-refractivity contribution is 0.0875. The Labute approximate surface area is 119 Å². The van der Waals surface area contributed by atoms with Gasteiger partial charge in [0.1, 0.15) is 0 Å². The summed E-state index contributed by atoms with van der Waals surface area (Å²) >= 11 is 0. The quantitative estimate of drug-likeness (QED) is 0.467. The highest BCUT2D eigenvalue weighted by molar-refractivity contribution is 5.93. The first kappa shape index (κ1) is 14.9. The van der Waals surface area contributed by atoms with Crippen molar-refractivity contribution in [3.63, 3.8) is 0 Å². The van der Waals surface area contributed by atoms with Gasteiger partial charge in [0.15, 0.2) is 0 Å². The van der Waals surface area contributed by atoms with Crippen LogP contribution in [0, 0.1) is 0 Å². The van der Waals surface area contributed by atoms with Crippen LogP contribution in [0.15, 0.2) is 18.3 Å². The molecule has 1 aromatic rings. The van der Waals surface area contributed by atoms with E-state index in [1.807, 2.05) is 6.07 Å². The lowest BCUT2D eigenvalue weighted by Crippen LogP contribution is -2.50. The van der Waals surface area contributed by atoms with Crippen LogP contribution in [0.2, 0.25) is 0 Å². The predicted molar refractivity (Wildman–Crippen MR) is 77.9 cm³/mol. The first-order valence-electron chi connectivity index (χ1n) is 7.02. The summed E-state index contributed by atoms with van der Waals surface area (Å²) in [5.74, 6) is 4.78. The third kappa shape index (κ3) is 3.53. The molecule has 0 aliphatic carbocycles. The van der Waals surface area contributed by atoms with Gasteiger partial charge in [0.2, 0.25) is 0 Å². The summed E-state index contributed by atoms with van der Waals surface area (Å²) in [5, 5.41) is 0. The van der Waals surface area contributed by atoms with Gasteiger partial charge in [-0.15, -0.1) is 0 Å². The minimum Gasteiger partial charge on any atom is -0.301 e. The standard InChI is InChI=1S/C14H23N5O/c1-3-13-10-19(7-6-18(13)2)9-12-5-4-11(8-16-12)14(20)17-15/h4-5,8,13H,3,6-7,9-10,15H2,1-2H3,(H,17,20). The fraction of sp³-hybridized carbons (Fsp3) is 0.571. The van der Waals surface area contributed by atoms with Crippen molar-refractivity contribution in [1.82, 2.24) is 20.2 Å². The van der Waals surface area contributed by atoms with Crippen molar-refractivity contribution in [2.45, 2.75) is 25.9 Å². The summed E-state index contributed by atoms with van der Waals surface area (Å²) in [6.07, 6.45) is 2.74. The Morgan fingerprint density at radius 2 is 2.30 bits per heavy atom. The molecule has 1 amide bonds. The average Bonchev–Trinajstić information content (AvgIpc) is 2.49.